The van der Waals surface area contributed by atoms with Crippen LogP contribution in [-0.4, -0.2) is 77.5 Å². The van der Waals surface area contributed by atoms with Crippen LogP contribution in [0.15, 0.2) is 18.5 Å². The molecule has 26 heavy (non-hydrogen) atoms. The molecule has 0 saturated carbocycles. The van der Waals surface area contributed by atoms with Gasteiger partial charge >= 0.3 is 6.03 Å². The molecule has 8 nitrogen and oxygen atoms in total. The molecular weight excluding hydrogens is 332 g/mol. The van der Waals surface area contributed by atoms with Crippen LogP contribution in [0.2, 0.25) is 0 Å². The molecule has 0 spiro atoms. The van der Waals surface area contributed by atoms with Gasteiger partial charge in [-0.2, -0.15) is 0 Å². The van der Waals surface area contributed by atoms with E-state index in [1.807, 2.05) is 13.8 Å². The van der Waals surface area contributed by atoms with E-state index >= 15 is 0 Å². The standard InChI is InChI=1S/C18H28N6O2/c1-13(2)21-17(26)23-11-14-18(12-23,15(25)22(3)4)7-5-10-24(14)16-19-8-6-9-20-16/h6,8-9,13-14H,5,7,10-12H2,1-4H3,(H,21,26)/t14-,18-/m1/s1. The fraction of sp³-hybridized carbons (Fsp3) is 0.667. The zero-order valence-electron chi connectivity index (χ0n) is 16.0. The smallest absolute Gasteiger partial charge is 0.317 e. The molecule has 142 valence electrons. The number of piperidine rings is 1. The molecule has 1 N–H and O–H groups in total. The maximum Gasteiger partial charge on any atom is 0.317 e. The molecule has 2 aliphatic heterocycles. The predicted octanol–water partition coefficient (Wildman–Crippen LogP) is 0.954. The number of likely N-dealkylation sites (tertiary alicyclic amines) is 1. The van der Waals surface area contributed by atoms with E-state index in [-0.39, 0.29) is 24.0 Å². The molecule has 3 heterocycles. The summed E-state index contributed by atoms with van der Waals surface area (Å²) in [6.45, 7) is 5.58. The lowest BCUT2D eigenvalue weighted by Crippen LogP contribution is -2.58. The molecular formula is C18H28N6O2. The largest absolute Gasteiger partial charge is 0.348 e. The minimum atomic E-state index is -0.616. The third-order valence-electron chi connectivity index (χ3n) is 5.24. The maximum absolute atomic E-state index is 13.2. The Balaban J connectivity index is 1.95. The molecule has 2 fully saturated rings. The number of nitrogens with zero attached hydrogens (tertiary/aromatic N) is 5. The summed E-state index contributed by atoms with van der Waals surface area (Å²) in [5.41, 5.74) is -0.616. The number of carbonyl (C=O) groups is 2. The van der Waals surface area contributed by atoms with Gasteiger partial charge in [0.1, 0.15) is 0 Å². The third-order valence-corrected chi connectivity index (χ3v) is 5.24. The first kappa shape index (κ1) is 18.4. The average molecular weight is 360 g/mol. The number of hydrogen-bond donors (Lipinski definition) is 1. The highest BCUT2D eigenvalue weighted by Gasteiger charge is 2.57. The molecule has 0 aromatic carbocycles. The summed E-state index contributed by atoms with van der Waals surface area (Å²) in [6, 6.07) is 1.60. The van der Waals surface area contributed by atoms with E-state index in [9.17, 15) is 9.59 Å². The molecule has 0 aliphatic carbocycles. The Morgan fingerprint density at radius 1 is 1.31 bits per heavy atom. The van der Waals surface area contributed by atoms with Crippen molar-refractivity contribution in [1.82, 2.24) is 25.1 Å². The normalized spacial score (nSPS) is 25.2. The van der Waals surface area contributed by atoms with Crippen molar-refractivity contribution in [2.75, 3.05) is 38.6 Å². The molecule has 3 amide bonds. The minimum Gasteiger partial charge on any atom is -0.348 e. The van der Waals surface area contributed by atoms with Crippen molar-refractivity contribution >= 4 is 17.9 Å². The van der Waals surface area contributed by atoms with E-state index in [0.29, 0.717) is 19.0 Å². The van der Waals surface area contributed by atoms with Crippen molar-refractivity contribution in [3.8, 4) is 0 Å². The summed E-state index contributed by atoms with van der Waals surface area (Å²) in [5.74, 6) is 0.697. The maximum atomic E-state index is 13.2. The lowest BCUT2D eigenvalue weighted by atomic mass is 9.74. The van der Waals surface area contributed by atoms with Crippen LogP contribution < -0.4 is 10.2 Å². The van der Waals surface area contributed by atoms with Gasteiger partial charge in [-0.05, 0) is 32.8 Å². The zero-order chi connectivity index (χ0) is 18.9. The molecule has 8 heteroatoms. The van der Waals surface area contributed by atoms with E-state index in [1.54, 1.807) is 42.4 Å². The van der Waals surface area contributed by atoms with E-state index in [1.165, 1.54) is 0 Å². The highest BCUT2D eigenvalue weighted by molar-refractivity contribution is 5.87. The van der Waals surface area contributed by atoms with Gasteiger partial charge in [-0.1, -0.05) is 0 Å². The van der Waals surface area contributed by atoms with Crippen LogP contribution in [0.1, 0.15) is 26.7 Å². The van der Waals surface area contributed by atoms with Gasteiger partial charge in [0.15, 0.2) is 0 Å². The monoisotopic (exact) mass is 360 g/mol. The van der Waals surface area contributed by atoms with Crippen molar-refractivity contribution in [2.24, 2.45) is 5.41 Å². The molecule has 2 aliphatic rings. The van der Waals surface area contributed by atoms with Crippen LogP contribution in [0.4, 0.5) is 10.7 Å². The molecule has 0 unspecified atom stereocenters. The van der Waals surface area contributed by atoms with Gasteiger partial charge < -0.3 is 20.0 Å². The van der Waals surface area contributed by atoms with E-state index in [0.717, 1.165) is 19.4 Å². The van der Waals surface area contributed by atoms with E-state index in [2.05, 4.69) is 20.2 Å². The summed E-state index contributed by atoms with van der Waals surface area (Å²) < 4.78 is 0. The van der Waals surface area contributed by atoms with Crippen LogP contribution in [0, 0.1) is 5.41 Å². The first-order chi connectivity index (χ1) is 12.3. The Labute approximate surface area is 154 Å². The van der Waals surface area contributed by atoms with Crippen molar-refractivity contribution in [3.63, 3.8) is 0 Å². The van der Waals surface area contributed by atoms with Gasteiger partial charge in [-0.15, -0.1) is 0 Å². The summed E-state index contributed by atoms with van der Waals surface area (Å²) in [6.07, 6.45) is 5.06. The SMILES string of the molecule is CC(C)NC(=O)N1C[C@H]2N(c3ncccn3)CCC[C@@]2(C(=O)N(C)C)C1. The molecule has 1 aromatic rings. The number of fused-ring (bicyclic) bond motifs is 1. The number of hydrogen-bond acceptors (Lipinski definition) is 5. The molecule has 2 saturated heterocycles. The van der Waals surface area contributed by atoms with Gasteiger partial charge in [0, 0.05) is 52.2 Å². The summed E-state index contributed by atoms with van der Waals surface area (Å²) in [7, 11) is 3.56. The zero-order valence-corrected chi connectivity index (χ0v) is 16.0. The van der Waals surface area contributed by atoms with E-state index in [4.69, 9.17) is 0 Å². The number of urea groups is 1. The second-order valence-corrected chi connectivity index (χ2v) is 7.70. The first-order valence-electron chi connectivity index (χ1n) is 9.16. The molecule has 0 bridgehead atoms. The Morgan fingerprint density at radius 2 is 2.00 bits per heavy atom. The van der Waals surface area contributed by atoms with E-state index < -0.39 is 5.41 Å². The summed E-state index contributed by atoms with van der Waals surface area (Å²) >= 11 is 0. The number of amides is 3. The van der Waals surface area contributed by atoms with Gasteiger partial charge in [-0.3, -0.25) is 4.79 Å². The van der Waals surface area contributed by atoms with Crippen molar-refractivity contribution < 1.29 is 9.59 Å². The van der Waals surface area contributed by atoms with Gasteiger partial charge in [0.2, 0.25) is 11.9 Å². The van der Waals surface area contributed by atoms with Crippen LogP contribution in [0.3, 0.4) is 0 Å². The third kappa shape index (κ3) is 3.20. The van der Waals surface area contributed by atoms with Gasteiger partial charge in [0.25, 0.3) is 0 Å². The Kier molecular flexibility index (Phi) is 5.02. The molecule has 0 radical (unpaired) electrons. The second kappa shape index (κ2) is 7.09. The average Bonchev–Trinajstić information content (AvgIpc) is 3.02. The van der Waals surface area contributed by atoms with Crippen molar-refractivity contribution in [3.05, 3.63) is 18.5 Å². The highest BCUT2D eigenvalue weighted by Crippen LogP contribution is 2.44. The number of aromatic nitrogens is 2. The first-order valence-corrected chi connectivity index (χ1v) is 9.16. The number of rotatable bonds is 3. The molecule has 2 atom stereocenters. The fourth-order valence-corrected chi connectivity index (χ4v) is 4.19. The minimum absolute atomic E-state index is 0.0548. The van der Waals surface area contributed by atoms with Crippen molar-refractivity contribution in [2.45, 2.75) is 38.8 Å². The van der Waals surface area contributed by atoms with Crippen LogP contribution >= 0.6 is 0 Å². The number of nitrogens with one attached hydrogen (secondary N) is 1. The Morgan fingerprint density at radius 3 is 2.62 bits per heavy atom. The lowest BCUT2D eigenvalue weighted by Gasteiger charge is -2.45. The predicted molar refractivity (Wildman–Crippen MR) is 98.8 cm³/mol. The lowest BCUT2D eigenvalue weighted by molar-refractivity contribution is -0.140. The quantitative estimate of drug-likeness (QED) is 0.868. The number of anilines is 1. The fourth-order valence-electron chi connectivity index (χ4n) is 4.19. The Bertz CT molecular complexity index is 665. The highest BCUT2D eigenvalue weighted by atomic mass is 16.2. The molecule has 3 rings (SSSR count). The van der Waals surface area contributed by atoms with Crippen LogP contribution in [0.5, 0.6) is 0 Å². The van der Waals surface area contributed by atoms with Crippen molar-refractivity contribution in [1.29, 1.82) is 0 Å². The van der Waals surface area contributed by atoms with Gasteiger partial charge in [-0.25, -0.2) is 14.8 Å². The summed E-state index contributed by atoms with van der Waals surface area (Å²) in [4.78, 5) is 40.1. The van der Waals surface area contributed by atoms with Crippen LogP contribution in [-0.2, 0) is 4.79 Å². The molecule has 1 aromatic heterocycles. The number of carbonyl (C=O) groups excluding carboxylic acids is 2. The topological polar surface area (TPSA) is 81.7 Å². The van der Waals surface area contributed by atoms with Crippen LogP contribution in [0.25, 0.3) is 0 Å². The summed E-state index contributed by atoms with van der Waals surface area (Å²) in [5, 5.41) is 2.95. The van der Waals surface area contributed by atoms with Gasteiger partial charge in [0.05, 0.1) is 11.5 Å². The Hall–Kier alpha value is -2.38. The second-order valence-electron chi connectivity index (χ2n) is 7.70.